The second kappa shape index (κ2) is 5.20. The molecule has 0 saturated carbocycles. The molecule has 2 heterocycles. The maximum atomic E-state index is 4.41. The predicted molar refractivity (Wildman–Crippen MR) is 74.8 cm³/mol. The van der Waals surface area contributed by atoms with Gasteiger partial charge in [0.15, 0.2) is 0 Å². The third-order valence-corrected chi connectivity index (χ3v) is 3.47. The van der Waals surface area contributed by atoms with Gasteiger partial charge in [-0.3, -0.25) is 0 Å². The quantitative estimate of drug-likeness (QED) is 0.923. The highest BCUT2D eigenvalue weighted by molar-refractivity contribution is 7.11. The summed E-state index contributed by atoms with van der Waals surface area (Å²) in [6, 6.07) is 0. The van der Waals surface area contributed by atoms with E-state index in [0.29, 0.717) is 0 Å². The molecule has 0 fully saturated rings. The van der Waals surface area contributed by atoms with Crippen LogP contribution >= 0.6 is 11.3 Å². The molecule has 0 aliphatic carbocycles. The van der Waals surface area contributed by atoms with Crippen molar-refractivity contribution in [3.8, 4) is 0 Å². The van der Waals surface area contributed by atoms with E-state index in [1.807, 2.05) is 25.5 Å². The number of aromatic nitrogens is 3. The summed E-state index contributed by atoms with van der Waals surface area (Å²) >= 11 is 1.74. The van der Waals surface area contributed by atoms with Crippen molar-refractivity contribution in [1.82, 2.24) is 19.9 Å². The normalized spacial score (nSPS) is 12.0. The lowest BCUT2D eigenvalue weighted by atomic mass is 10.1. The fourth-order valence-corrected chi connectivity index (χ4v) is 2.44. The highest BCUT2D eigenvalue weighted by atomic mass is 32.1. The Labute approximate surface area is 112 Å². The fraction of sp³-hybridized carbons (Fsp3) is 0.538. The molecule has 0 unspecified atom stereocenters. The van der Waals surface area contributed by atoms with Gasteiger partial charge < -0.3 is 9.88 Å². The Morgan fingerprint density at radius 3 is 2.72 bits per heavy atom. The van der Waals surface area contributed by atoms with E-state index in [4.69, 9.17) is 0 Å². The summed E-state index contributed by atoms with van der Waals surface area (Å²) in [5.74, 6) is 1.07. The van der Waals surface area contributed by atoms with Gasteiger partial charge in [-0.1, -0.05) is 0 Å². The van der Waals surface area contributed by atoms with E-state index in [2.05, 4.69) is 40.6 Å². The minimum absolute atomic E-state index is 0.109. The summed E-state index contributed by atoms with van der Waals surface area (Å²) in [5.41, 5.74) is 0.109. The van der Waals surface area contributed by atoms with Crippen molar-refractivity contribution in [2.75, 3.05) is 0 Å². The van der Waals surface area contributed by atoms with Crippen LogP contribution in [0.4, 0.5) is 0 Å². The van der Waals surface area contributed by atoms with Crippen LogP contribution in [0.2, 0.25) is 0 Å². The molecule has 0 aliphatic rings. The van der Waals surface area contributed by atoms with Crippen molar-refractivity contribution in [2.24, 2.45) is 0 Å². The molecule has 0 aromatic carbocycles. The second-order valence-electron chi connectivity index (χ2n) is 5.42. The van der Waals surface area contributed by atoms with E-state index in [1.54, 1.807) is 11.3 Å². The number of hydrogen-bond donors (Lipinski definition) is 1. The van der Waals surface area contributed by atoms with Crippen LogP contribution in [0.25, 0.3) is 0 Å². The van der Waals surface area contributed by atoms with Gasteiger partial charge in [0.25, 0.3) is 0 Å². The van der Waals surface area contributed by atoms with Gasteiger partial charge in [-0.25, -0.2) is 9.97 Å². The average Bonchev–Trinajstić information content (AvgIpc) is 2.85. The minimum Gasteiger partial charge on any atom is -0.329 e. The maximum Gasteiger partial charge on any atom is 0.123 e. The van der Waals surface area contributed by atoms with Gasteiger partial charge in [-0.05, 0) is 27.7 Å². The molecular formula is C13H20N4S. The molecule has 2 aromatic heterocycles. The smallest absolute Gasteiger partial charge is 0.123 e. The number of nitrogens with zero attached hydrogens (tertiary/aromatic N) is 3. The van der Waals surface area contributed by atoms with Crippen molar-refractivity contribution in [3.05, 3.63) is 34.3 Å². The second-order valence-corrected chi connectivity index (χ2v) is 6.74. The fourth-order valence-electron chi connectivity index (χ4n) is 1.64. The van der Waals surface area contributed by atoms with E-state index in [-0.39, 0.29) is 5.54 Å². The highest BCUT2D eigenvalue weighted by Gasteiger charge is 2.11. The number of hydrogen-bond acceptors (Lipinski definition) is 4. The minimum atomic E-state index is 0.109. The van der Waals surface area contributed by atoms with Crippen LogP contribution in [0.15, 0.2) is 18.6 Å². The zero-order valence-corrected chi connectivity index (χ0v) is 12.2. The Bertz CT molecular complexity index is 507. The molecule has 0 spiro atoms. The first-order valence-corrected chi connectivity index (χ1v) is 6.92. The lowest BCUT2D eigenvalue weighted by Crippen LogP contribution is -2.35. The summed E-state index contributed by atoms with van der Waals surface area (Å²) in [4.78, 5) is 9.95. The van der Waals surface area contributed by atoms with Crippen LogP contribution in [-0.4, -0.2) is 20.1 Å². The predicted octanol–water partition coefficient (Wildman–Crippen LogP) is 2.58. The van der Waals surface area contributed by atoms with Crippen molar-refractivity contribution in [3.63, 3.8) is 0 Å². The molecule has 18 heavy (non-hydrogen) atoms. The van der Waals surface area contributed by atoms with E-state index < -0.39 is 0 Å². The largest absolute Gasteiger partial charge is 0.329 e. The van der Waals surface area contributed by atoms with E-state index in [9.17, 15) is 0 Å². The van der Waals surface area contributed by atoms with Gasteiger partial charge in [-0.2, -0.15) is 0 Å². The highest BCUT2D eigenvalue weighted by Crippen LogP contribution is 2.14. The topological polar surface area (TPSA) is 42.7 Å². The van der Waals surface area contributed by atoms with Gasteiger partial charge in [-0.15, -0.1) is 11.3 Å². The van der Waals surface area contributed by atoms with Gasteiger partial charge in [0.2, 0.25) is 0 Å². The van der Waals surface area contributed by atoms with E-state index in [1.165, 1.54) is 4.88 Å². The summed E-state index contributed by atoms with van der Waals surface area (Å²) in [5, 5.41) is 4.57. The average molecular weight is 264 g/mol. The molecule has 0 atom stereocenters. The first-order valence-electron chi connectivity index (χ1n) is 6.10. The Kier molecular flexibility index (Phi) is 3.82. The van der Waals surface area contributed by atoms with Gasteiger partial charge in [0.1, 0.15) is 5.82 Å². The molecule has 0 aliphatic heterocycles. The van der Waals surface area contributed by atoms with Gasteiger partial charge in [0.05, 0.1) is 18.1 Å². The molecule has 2 aromatic rings. The van der Waals surface area contributed by atoms with Gasteiger partial charge >= 0.3 is 0 Å². The Morgan fingerprint density at radius 1 is 1.33 bits per heavy atom. The van der Waals surface area contributed by atoms with Crippen molar-refractivity contribution < 1.29 is 0 Å². The summed E-state index contributed by atoms with van der Waals surface area (Å²) in [7, 11) is 0. The standard InChI is InChI=1S/C13H20N4S/c1-10-15-7-11(18-10)9-17-6-5-14-12(17)8-16-13(2,3)4/h5-7,16H,8-9H2,1-4H3. The van der Waals surface area contributed by atoms with Crippen LogP contribution < -0.4 is 5.32 Å². The summed E-state index contributed by atoms with van der Waals surface area (Å²) in [6.45, 7) is 10.2. The first-order chi connectivity index (χ1) is 8.44. The molecule has 0 saturated heterocycles. The zero-order chi connectivity index (χ0) is 13.2. The number of imidazole rings is 1. The third kappa shape index (κ3) is 3.65. The molecule has 98 valence electrons. The number of aryl methyl sites for hydroxylation is 1. The molecule has 1 N–H and O–H groups in total. The van der Waals surface area contributed by atoms with E-state index in [0.717, 1.165) is 23.9 Å². The molecular weight excluding hydrogens is 244 g/mol. The molecule has 0 radical (unpaired) electrons. The third-order valence-electron chi connectivity index (χ3n) is 2.57. The zero-order valence-electron chi connectivity index (χ0n) is 11.4. The lowest BCUT2D eigenvalue weighted by molar-refractivity contribution is 0.413. The Hall–Kier alpha value is -1.20. The van der Waals surface area contributed by atoms with Crippen molar-refractivity contribution in [1.29, 1.82) is 0 Å². The summed E-state index contributed by atoms with van der Waals surface area (Å²) < 4.78 is 2.17. The van der Waals surface area contributed by atoms with Crippen molar-refractivity contribution in [2.45, 2.75) is 46.3 Å². The van der Waals surface area contributed by atoms with Crippen LogP contribution in [0.5, 0.6) is 0 Å². The molecule has 2 rings (SSSR count). The maximum absolute atomic E-state index is 4.41. The van der Waals surface area contributed by atoms with Crippen molar-refractivity contribution >= 4 is 11.3 Å². The van der Waals surface area contributed by atoms with Crippen LogP contribution in [0.3, 0.4) is 0 Å². The van der Waals surface area contributed by atoms with Crippen LogP contribution in [0.1, 0.15) is 36.5 Å². The Morgan fingerprint density at radius 2 is 2.11 bits per heavy atom. The number of rotatable bonds is 4. The summed E-state index contributed by atoms with van der Waals surface area (Å²) in [6.07, 6.45) is 5.82. The van der Waals surface area contributed by atoms with Crippen LogP contribution in [0, 0.1) is 6.92 Å². The molecule has 5 heteroatoms. The molecule has 4 nitrogen and oxygen atoms in total. The first kappa shape index (κ1) is 13.2. The van der Waals surface area contributed by atoms with E-state index >= 15 is 0 Å². The molecule has 0 amide bonds. The number of nitrogens with one attached hydrogen (secondary N) is 1. The number of thiazole rings is 1. The van der Waals surface area contributed by atoms with Crippen LogP contribution in [-0.2, 0) is 13.1 Å². The lowest BCUT2D eigenvalue weighted by Gasteiger charge is -2.20. The molecule has 0 bridgehead atoms. The van der Waals surface area contributed by atoms with Gasteiger partial charge in [0, 0.05) is 29.0 Å². The SMILES string of the molecule is Cc1ncc(Cn2ccnc2CNC(C)(C)C)s1. The monoisotopic (exact) mass is 264 g/mol. The Balaban J connectivity index is 2.03.